The average molecular weight is 364 g/mol. The number of rotatable bonds is 4. The molecular weight excluding hydrogens is 338 g/mol. The summed E-state index contributed by atoms with van der Waals surface area (Å²) >= 11 is 5.90. The lowest BCUT2D eigenvalue weighted by Crippen LogP contribution is -2.47. The molecule has 0 N–H and O–H groups in total. The summed E-state index contributed by atoms with van der Waals surface area (Å²) in [7, 11) is 0. The molecule has 0 radical (unpaired) electrons. The van der Waals surface area contributed by atoms with Crippen LogP contribution < -0.4 is 0 Å². The van der Waals surface area contributed by atoms with Crippen molar-refractivity contribution in [2.75, 3.05) is 32.7 Å². The highest BCUT2D eigenvalue weighted by Crippen LogP contribution is 2.22. The van der Waals surface area contributed by atoms with E-state index in [0.717, 1.165) is 18.7 Å². The van der Waals surface area contributed by atoms with Gasteiger partial charge in [-0.3, -0.25) is 4.79 Å². The Morgan fingerprint density at radius 2 is 1.68 bits per heavy atom. The molecule has 25 heavy (non-hydrogen) atoms. The SMILES string of the molecule is C[C@H]1C[C@H](C)CN(C(=O)CN2CCN(Cc3ccc(Cl)cc3)C2=O)C1. The molecule has 2 heterocycles. The van der Waals surface area contributed by atoms with Gasteiger partial charge in [0.25, 0.3) is 0 Å². The molecular formula is C19H26ClN3O2. The second kappa shape index (κ2) is 7.65. The van der Waals surface area contributed by atoms with Gasteiger partial charge >= 0.3 is 6.03 Å². The fourth-order valence-corrected chi connectivity index (χ4v) is 3.99. The minimum Gasteiger partial charge on any atom is -0.341 e. The minimum atomic E-state index is -0.0543. The number of halogens is 1. The van der Waals surface area contributed by atoms with E-state index in [2.05, 4.69) is 13.8 Å². The van der Waals surface area contributed by atoms with Gasteiger partial charge in [0, 0.05) is 37.7 Å². The molecule has 3 amide bonds. The van der Waals surface area contributed by atoms with Crippen molar-refractivity contribution in [2.45, 2.75) is 26.8 Å². The summed E-state index contributed by atoms with van der Waals surface area (Å²) in [4.78, 5) is 30.6. The van der Waals surface area contributed by atoms with Gasteiger partial charge in [0.2, 0.25) is 5.91 Å². The Kier molecular flexibility index (Phi) is 5.52. The molecule has 136 valence electrons. The smallest absolute Gasteiger partial charge is 0.320 e. The van der Waals surface area contributed by atoms with Crippen molar-refractivity contribution in [1.29, 1.82) is 0 Å². The number of nitrogens with zero attached hydrogens (tertiary/aromatic N) is 3. The molecule has 2 atom stereocenters. The first kappa shape index (κ1) is 18.1. The number of benzene rings is 1. The second-order valence-electron chi connectivity index (χ2n) is 7.50. The number of likely N-dealkylation sites (tertiary alicyclic amines) is 1. The van der Waals surface area contributed by atoms with Crippen LogP contribution in [-0.4, -0.2) is 59.4 Å². The van der Waals surface area contributed by atoms with E-state index in [4.69, 9.17) is 11.6 Å². The predicted octanol–water partition coefficient (Wildman–Crippen LogP) is 3.08. The van der Waals surface area contributed by atoms with Gasteiger partial charge in [0.05, 0.1) is 0 Å². The van der Waals surface area contributed by atoms with E-state index >= 15 is 0 Å². The van der Waals surface area contributed by atoms with Gasteiger partial charge in [-0.25, -0.2) is 4.79 Å². The van der Waals surface area contributed by atoms with E-state index < -0.39 is 0 Å². The summed E-state index contributed by atoms with van der Waals surface area (Å²) in [5.74, 6) is 1.13. The number of amides is 3. The Hall–Kier alpha value is -1.75. The summed E-state index contributed by atoms with van der Waals surface area (Å²) < 4.78 is 0. The van der Waals surface area contributed by atoms with Crippen molar-refractivity contribution in [3.05, 3.63) is 34.9 Å². The van der Waals surface area contributed by atoms with Crippen LogP contribution in [0.5, 0.6) is 0 Å². The third-order valence-electron chi connectivity index (χ3n) is 5.02. The van der Waals surface area contributed by atoms with Crippen LogP contribution in [0.15, 0.2) is 24.3 Å². The number of hydrogen-bond donors (Lipinski definition) is 0. The second-order valence-corrected chi connectivity index (χ2v) is 7.93. The Bertz CT molecular complexity index is 624. The lowest BCUT2D eigenvalue weighted by atomic mass is 9.92. The topological polar surface area (TPSA) is 43.9 Å². The third kappa shape index (κ3) is 4.46. The first-order valence-electron chi connectivity index (χ1n) is 8.98. The zero-order valence-electron chi connectivity index (χ0n) is 14.9. The van der Waals surface area contributed by atoms with E-state index in [1.807, 2.05) is 29.2 Å². The molecule has 1 aromatic carbocycles. The lowest BCUT2D eigenvalue weighted by molar-refractivity contribution is -0.134. The van der Waals surface area contributed by atoms with E-state index in [-0.39, 0.29) is 18.5 Å². The number of hydrogen-bond acceptors (Lipinski definition) is 2. The Morgan fingerprint density at radius 1 is 1.08 bits per heavy atom. The van der Waals surface area contributed by atoms with Crippen molar-refractivity contribution < 1.29 is 9.59 Å². The van der Waals surface area contributed by atoms with Gasteiger partial charge in [-0.2, -0.15) is 0 Å². The van der Waals surface area contributed by atoms with Crippen LogP contribution in [0.2, 0.25) is 5.02 Å². The molecule has 5 nitrogen and oxygen atoms in total. The zero-order valence-corrected chi connectivity index (χ0v) is 15.7. The van der Waals surface area contributed by atoms with Gasteiger partial charge in [-0.1, -0.05) is 37.6 Å². The fourth-order valence-electron chi connectivity index (χ4n) is 3.87. The zero-order chi connectivity index (χ0) is 18.0. The maximum Gasteiger partial charge on any atom is 0.320 e. The molecule has 0 saturated carbocycles. The van der Waals surface area contributed by atoms with Crippen LogP contribution in [0.3, 0.4) is 0 Å². The Labute approximate surface area is 154 Å². The van der Waals surface area contributed by atoms with Crippen molar-refractivity contribution in [3.8, 4) is 0 Å². The summed E-state index contributed by atoms with van der Waals surface area (Å²) in [6.45, 7) is 7.99. The van der Waals surface area contributed by atoms with Gasteiger partial charge < -0.3 is 14.7 Å². The monoisotopic (exact) mass is 363 g/mol. The number of piperidine rings is 1. The van der Waals surface area contributed by atoms with E-state index in [9.17, 15) is 9.59 Å². The normalized spacial score (nSPS) is 24.1. The van der Waals surface area contributed by atoms with Gasteiger partial charge in [0.1, 0.15) is 6.54 Å². The Balaban J connectivity index is 1.54. The van der Waals surface area contributed by atoms with Crippen LogP contribution in [0.1, 0.15) is 25.8 Å². The summed E-state index contributed by atoms with van der Waals surface area (Å²) in [5, 5.41) is 0.689. The molecule has 0 aromatic heterocycles. The summed E-state index contributed by atoms with van der Waals surface area (Å²) in [5.41, 5.74) is 1.05. The van der Waals surface area contributed by atoms with E-state index in [1.54, 1.807) is 9.80 Å². The summed E-state index contributed by atoms with van der Waals surface area (Å²) in [6.07, 6.45) is 1.17. The first-order chi connectivity index (χ1) is 11.9. The molecule has 6 heteroatoms. The molecule has 1 aromatic rings. The van der Waals surface area contributed by atoms with Gasteiger partial charge in [-0.15, -0.1) is 0 Å². The van der Waals surface area contributed by atoms with Crippen LogP contribution in [0.4, 0.5) is 4.79 Å². The van der Waals surface area contributed by atoms with Crippen molar-refractivity contribution in [3.63, 3.8) is 0 Å². The average Bonchev–Trinajstić information content (AvgIpc) is 2.89. The van der Waals surface area contributed by atoms with Crippen molar-refractivity contribution in [1.82, 2.24) is 14.7 Å². The molecule has 3 rings (SSSR count). The predicted molar refractivity (Wildman–Crippen MR) is 98.4 cm³/mol. The highest BCUT2D eigenvalue weighted by atomic mass is 35.5. The number of carbonyl (C=O) groups is 2. The van der Waals surface area contributed by atoms with E-state index in [0.29, 0.717) is 36.5 Å². The molecule has 2 fully saturated rings. The largest absolute Gasteiger partial charge is 0.341 e. The Morgan fingerprint density at radius 3 is 2.32 bits per heavy atom. The standard InChI is InChI=1S/C19H26ClN3O2/c1-14-9-15(2)11-23(10-14)18(24)13-22-8-7-21(19(22)25)12-16-3-5-17(20)6-4-16/h3-6,14-15H,7-13H2,1-2H3/t14-,15-/m0/s1. The lowest BCUT2D eigenvalue weighted by Gasteiger charge is -2.35. The molecule has 0 bridgehead atoms. The molecule has 2 aliphatic heterocycles. The number of carbonyl (C=O) groups excluding carboxylic acids is 2. The molecule has 0 spiro atoms. The van der Waals surface area contributed by atoms with E-state index in [1.165, 1.54) is 6.42 Å². The highest BCUT2D eigenvalue weighted by molar-refractivity contribution is 6.30. The van der Waals surface area contributed by atoms with Crippen LogP contribution in [-0.2, 0) is 11.3 Å². The maximum atomic E-state index is 12.6. The molecule has 0 aliphatic carbocycles. The van der Waals surface area contributed by atoms with Crippen LogP contribution >= 0.6 is 11.6 Å². The number of urea groups is 1. The highest BCUT2D eigenvalue weighted by Gasteiger charge is 2.32. The maximum absolute atomic E-state index is 12.6. The van der Waals surface area contributed by atoms with Gasteiger partial charge in [-0.05, 0) is 36.0 Å². The molecule has 0 unspecified atom stereocenters. The molecule has 2 saturated heterocycles. The third-order valence-corrected chi connectivity index (χ3v) is 5.27. The fraction of sp³-hybridized carbons (Fsp3) is 0.579. The van der Waals surface area contributed by atoms with Gasteiger partial charge in [0.15, 0.2) is 0 Å². The van der Waals surface area contributed by atoms with Crippen molar-refractivity contribution >= 4 is 23.5 Å². The summed E-state index contributed by atoms with van der Waals surface area (Å²) in [6, 6.07) is 7.47. The van der Waals surface area contributed by atoms with Crippen LogP contribution in [0.25, 0.3) is 0 Å². The minimum absolute atomic E-state index is 0.0543. The van der Waals surface area contributed by atoms with Crippen molar-refractivity contribution in [2.24, 2.45) is 11.8 Å². The van der Waals surface area contributed by atoms with Crippen LogP contribution in [0, 0.1) is 11.8 Å². The first-order valence-corrected chi connectivity index (χ1v) is 9.36. The quantitative estimate of drug-likeness (QED) is 0.825. The molecule has 2 aliphatic rings.